The van der Waals surface area contributed by atoms with Crippen LogP contribution in [0.1, 0.15) is 38.5 Å². The van der Waals surface area contributed by atoms with Crippen molar-refractivity contribution >= 4 is 16.0 Å². The van der Waals surface area contributed by atoms with E-state index in [0.29, 0.717) is 12.3 Å². The van der Waals surface area contributed by atoms with Crippen LogP contribution in [0.4, 0.5) is 0 Å². The highest BCUT2D eigenvalue weighted by atomic mass is 32.2. The van der Waals surface area contributed by atoms with Crippen molar-refractivity contribution < 1.29 is 18.3 Å². The van der Waals surface area contributed by atoms with E-state index in [-0.39, 0.29) is 6.04 Å². The van der Waals surface area contributed by atoms with Gasteiger partial charge in [0.05, 0.1) is 6.26 Å². The summed E-state index contributed by atoms with van der Waals surface area (Å²) < 4.78 is 24.9. The number of rotatable bonds is 2. The Morgan fingerprint density at radius 1 is 1.18 bits per heavy atom. The molecule has 0 aromatic carbocycles. The predicted molar refractivity (Wildman–Crippen MR) is 63.1 cm³/mol. The first kappa shape index (κ1) is 12.8. The topological polar surface area (TPSA) is 74.7 Å². The van der Waals surface area contributed by atoms with E-state index in [1.807, 2.05) is 0 Å². The Labute approximate surface area is 102 Å². The number of hydrogen-bond acceptors (Lipinski definition) is 3. The van der Waals surface area contributed by atoms with E-state index in [0.717, 1.165) is 38.4 Å². The van der Waals surface area contributed by atoms with Crippen LogP contribution in [0.15, 0.2) is 0 Å². The molecule has 1 heterocycles. The van der Waals surface area contributed by atoms with Crippen molar-refractivity contribution in [3.63, 3.8) is 0 Å². The summed E-state index contributed by atoms with van der Waals surface area (Å²) in [5.41, 5.74) is 0. The Hall–Kier alpha value is -0.620. The maximum atomic E-state index is 11.8. The van der Waals surface area contributed by atoms with Crippen LogP contribution in [0.2, 0.25) is 0 Å². The van der Waals surface area contributed by atoms with Crippen molar-refractivity contribution in [1.29, 1.82) is 0 Å². The number of aliphatic carboxylic acids is 1. The molecule has 1 N–H and O–H groups in total. The molecule has 2 rings (SSSR count). The van der Waals surface area contributed by atoms with Gasteiger partial charge < -0.3 is 5.11 Å². The summed E-state index contributed by atoms with van der Waals surface area (Å²) in [6.07, 6.45) is 6.39. The molecular formula is C11H19NO4S. The molecule has 1 aliphatic heterocycles. The molecule has 3 unspecified atom stereocenters. The lowest BCUT2D eigenvalue weighted by atomic mass is 9.78. The van der Waals surface area contributed by atoms with Crippen LogP contribution in [0.5, 0.6) is 0 Å². The second-order valence-corrected chi connectivity index (χ2v) is 7.02. The molecule has 5 nitrogen and oxygen atoms in total. The molecule has 1 saturated carbocycles. The van der Waals surface area contributed by atoms with Crippen molar-refractivity contribution in [2.24, 2.45) is 5.92 Å². The highest BCUT2D eigenvalue weighted by Crippen LogP contribution is 2.39. The number of hydrogen-bond donors (Lipinski definition) is 1. The highest BCUT2D eigenvalue weighted by molar-refractivity contribution is 7.88. The molecule has 0 aromatic rings. The SMILES string of the molecule is CS(=O)(=O)N1C(C(=O)O)CCC2CCCCC21. The first-order valence-electron chi connectivity index (χ1n) is 6.12. The van der Waals surface area contributed by atoms with Gasteiger partial charge >= 0.3 is 5.97 Å². The zero-order valence-electron chi connectivity index (χ0n) is 10.0. The van der Waals surface area contributed by atoms with Gasteiger partial charge in [0, 0.05) is 6.04 Å². The molecule has 1 saturated heterocycles. The maximum absolute atomic E-state index is 11.8. The van der Waals surface area contributed by atoms with E-state index < -0.39 is 22.0 Å². The van der Waals surface area contributed by atoms with E-state index in [2.05, 4.69) is 0 Å². The van der Waals surface area contributed by atoms with Gasteiger partial charge in [0.25, 0.3) is 0 Å². The van der Waals surface area contributed by atoms with Gasteiger partial charge in [-0.05, 0) is 31.6 Å². The van der Waals surface area contributed by atoms with Crippen molar-refractivity contribution in [2.45, 2.75) is 50.6 Å². The van der Waals surface area contributed by atoms with Crippen molar-refractivity contribution in [1.82, 2.24) is 4.31 Å². The van der Waals surface area contributed by atoms with Crippen LogP contribution >= 0.6 is 0 Å². The standard InChI is InChI=1S/C11H19NO4S/c1-17(15,16)12-9-5-3-2-4-8(9)6-7-10(12)11(13)14/h8-10H,2-7H2,1H3,(H,13,14). The third-order valence-electron chi connectivity index (χ3n) is 3.98. The van der Waals surface area contributed by atoms with Gasteiger partial charge in [-0.3, -0.25) is 4.79 Å². The molecule has 0 radical (unpaired) electrons. The van der Waals surface area contributed by atoms with Gasteiger partial charge in [-0.15, -0.1) is 0 Å². The summed E-state index contributed by atoms with van der Waals surface area (Å²) in [5, 5.41) is 9.16. The second-order valence-electron chi connectivity index (χ2n) is 5.14. The smallest absolute Gasteiger partial charge is 0.322 e. The highest BCUT2D eigenvalue weighted by Gasteiger charge is 2.45. The van der Waals surface area contributed by atoms with Crippen LogP contribution < -0.4 is 0 Å². The van der Waals surface area contributed by atoms with Crippen LogP contribution in [0, 0.1) is 5.92 Å². The number of carbonyl (C=O) groups is 1. The van der Waals surface area contributed by atoms with E-state index in [1.54, 1.807) is 0 Å². The zero-order valence-corrected chi connectivity index (χ0v) is 10.8. The quantitative estimate of drug-likeness (QED) is 0.806. The fourth-order valence-electron chi connectivity index (χ4n) is 3.30. The lowest BCUT2D eigenvalue weighted by molar-refractivity contribution is -0.144. The van der Waals surface area contributed by atoms with E-state index in [9.17, 15) is 13.2 Å². The van der Waals surface area contributed by atoms with Gasteiger partial charge in [0.1, 0.15) is 6.04 Å². The van der Waals surface area contributed by atoms with Crippen LogP contribution in [-0.4, -0.2) is 42.1 Å². The maximum Gasteiger partial charge on any atom is 0.322 e. The predicted octanol–water partition coefficient (Wildman–Crippen LogP) is 1.05. The van der Waals surface area contributed by atoms with Gasteiger partial charge in [0.2, 0.25) is 10.0 Å². The molecule has 3 atom stereocenters. The van der Waals surface area contributed by atoms with Gasteiger partial charge in [-0.2, -0.15) is 4.31 Å². The van der Waals surface area contributed by atoms with Crippen molar-refractivity contribution in [3.05, 3.63) is 0 Å². The summed E-state index contributed by atoms with van der Waals surface area (Å²) in [6, 6.07) is -0.946. The summed E-state index contributed by atoms with van der Waals surface area (Å²) >= 11 is 0. The fourth-order valence-corrected chi connectivity index (χ4v) is 4.73. The number of fused-ring (bicyclic) bond motifs is 1. The zero-order chi connectivity index (χ0) is 12.6. The summed E-state index contributed by atoms with van der Waals surface area (Å²) in [5.74, 6) is -0.659. The summed E-state index contributed by atoms with van der Waals surface area (Å²) in [4.78, 5) is 11.2. The minimum atomic E-state index is -3.44. The molecular weight excluding hydrogens is 242 g/mol. The monoisotopic (exact) mass is 261 g/mol. The average molecular weight is 261 g/mol. The summed E-state index contributed by atoms with van der Waals surface area (Å²) in [7, 11) is -3.44. The minimum absolute atomic E-state index is 0.0893. The van der Waals surface area contributed by atoms with Crippen LogP contribution in [-0.2, 0) is 14.8 Å². The molecule has 0 amide bonds. The van der Waals surface area contributed by atoms with Gasteiger partial charge in [-0.1, -0.05) is 12.8 Å². The molecule has 2 fully saturated rings. The Bertz CT molecular complexity index is 406. The number of carboxylic acids is 1. The Morgan fingerprint density at radius 3 is 2.41 bits per heavy atom. The number of nitrogens with zero attached hydrogens (tertiary/aromatic N) is 1. The second kappa shape index (κ2) is 4.57. The molecule has 0 aromatic heterocycles. The largest absolute Gasteiger partial charge is 0.480 e. The number of carboxylic acid groups (broad SMARTS) is 1. The van der Waals surface area contributed by atoms with Crippen LogP contribution in [0.3, 0.4) is 0 Å². The minimum Gasteiger partial charge on any atom is -0.480 e. The van der Waals surface area contributed by atoms with E-state index >= 15 is 0 Å². The lowest BCUT2D eigenvalue weighted by Crippen LogP contribution is -2.56. The van der Waals surface area contributed by atoms with E-state index in [1.165, 1.54) is 4.31 Å². The normalized spacial score (nSPS) is 35.2. The third kappa shape index (κ3) is 2.47. The third-order valence-corrected chi connectivity index (χ3v) is 5.27. The van der Waals surface area contributed by atoms with Gasteiger partial charge in [0.15, 0.2) is 0 Å². The molecule has 17 heavy (non-hydrogen) atoms. The fraction of sp³-hybridized carbons (Fsp3) is 0.909. The summed E-state index contributed by atoms with van der Waals surface area (Å²) in [6.45, 7) is 0. The Morgan fingerprint density at radius 2 is 1.82 bits per heavy atom. The average Bonchev–Trinajstić information content (AvgIpc) is 2.26. The first-order chi connectivity index (χ1) is 7.91. The number of sulfonamides is 1. The lowest BCUT2D eigenvalue weighted by Gasteiger charge is -2.45. The Kier molecular flexibility index (Phi) is 3.45. The van der Waals surface area contributed by atoms with Crippen LogP contribution in [0.25, 0.3) is 0 Å². The molecule has 2 aliphatic rings. The van der Waals surface area contributed by atoms with E-state index in [4.69, 9.17) is 5.11 Å². The molecule has 0 bridgehead atoms. The molecule has 1 aliphatic carbocycles. The van der Waals surface area contributed by atoms with Gasteiger partial charge in [-0.25, -0.2) is 8.42 Å². The van der Waals surface area contributed by atoms with Crippen molar-refractivity contribution in [2.75, 3.05) is 6.26 Å². The Balaban J connectivity index is 2.31. The molecule has 6 heteroatoms. The first-order valence-corrected chi connectivity index (χ1v) is 7.97. The molecule has 98 valence electrons. The van der Waals surface area contributed by atoms with Crippen molar-refractivity contribution in [3.8, 4) is 0 Å². The molecule has 0 spiro atoms. The number of piperidine rings is 1.